The standard InChI is InChI=1S/C19H23NO5S.2C2H6.H2/c1-13-11-15(5-10-18(21)20-26(4,22)23)12-14(2)19(13)25-17-8-6-16(24-3)7-9-17;2*1-2;/h6-9,11-12H,5,10H2,1-4H3,(H,20,21);2*1-2H3;1H. The van der Waals surface area contributed by atoms with Gasteiger partial charge in [-0.15, -0.1) is 0 Å². The van der Waals surface area contributed by atoms with E-state index in [1.807, 2.05) is 82.7 Å². The van der Waals surface area contributed by atoms with E-state index in [1.165, 1.54) is 0 Å². The Hall–Kier alpha value is -2.54. The SMILES string of the molecule is CC.CC.COc1ccc(Oc2c(C)cc(CCC(=O)NS(C)(=O)=O)cc2C)cc1.[HH]. The fourth-order valence-electron chi connectivity index (χ4n) is 2.62. The van der Waals surface area contributed by atoms with Crippen molar-refractivity contribution in [1.82, 2.24) is 4.72 Å². The second-order valence-corrected chi connectivity index (χ2v) is 7.88. The number of rotatable bonds is 7. The van der Waals surface area contributed by atoms with E-state index < -0.39 is 15.9 Å². The number of ether oxygens (including phenoxy) is 2. The number of aryl methyl sites for hydroxylation is 3. The molecule has 0 atom stereocenters. The molecule has 0 saturated heterocycles. The summed E-state index contributed by atoms with van der Waals surface area (Å²) in [7, 11) is -1.91. The first-order chi connectivity index (χ1) is 14.2. The lowest BCUT2D eigenvalue weighted by Crippen LogP contribution is -2.29. The van der Waals surface area contributed by atoms with Crippen LogP contribution in [0.1, 0.15) is 52.2 Å². The number of hydrogen-bond acceptors (Lipinski definition) is 5. The van der Waals surface area contributed by atoms with Gasteiger partial charge in [0.05, 0.1) is 13.4 Å². The summed E-state index contributed by atoms with van der Waals surface area (Å²) in [5.74, 6) is 1.71. The molecule has 2 aromatic rings. The Morgan fingerprint density at radius 2 is 1.43 bits per heavy atom. The van der Waals surface area contributed by atoms with Gasteiger partial charge in [0.15, 0.2) is 0 Å². The van der Waals surface area contributed by atoms with E-state index in [2.05, 4.69) is 0 Å². The number of amides is 1. The summed E-state index contributed by atoms with van der Waals surface area (Å²) in [6.45, 7) is 11.9. The molecule has 0 aliphatic carbocycles. The number of methoxy groups -OCH3 is 1. The normalized spacial score (nSPS) is 10.0. The van der Waals surface area contributed by atoms with E-state index in [-0.39, 0.29) is 7.85 Å². The maximum Gasteiger partial charge on any atom is 0.233 e. The molecule has 1 amide bonds. The molecule has 30 heavy (non-hydrogen) atoms. The molecule has 6 nitrogen and oxygen atoms in total. The Labute approximate surface area is 183 Å². The number of hydrogen-bond donors (Lipinski definition) is 1. The van der Waals surface area contributed by atoms with Crippen molar-refractivity contribution < 1.29 is 24.1 Å². The highest BCUT2D eigenvalue weighted by atomic mass is 32.2. The fraction of sp³-hybridized carbons (Fsp3) is 0.435. The Morgan fingerprint density at radius 3 is 1.87 bits per heavy atom. The van der Waals surface area contributed by atoms with Crippen molar-refractivity contribution in [3.8, 4) is 17.2 Å². The fourth-order valence-corrected chi connectivity index (χ4v) is 3.14. The highest BCUT2D eigenvalue weighted by Gasteiger charge is 2.11. The molecule has 170 valence electrons. The minimum absolute atomic E-state index is 0. The minimum Gasteiger partial charge on any atom is -0.497 e. The number of nitrogens with one attached hydrogen (secondary N) is 1. The zero-order valence-electron chi connectivity index (χ0n) is 19.3. The van der Waals surface area contributed by atoms with Crippen LogP contribution in [0, 0.1) is 13.8 Å². The van der Waals surface area contributed by atoms with Gasteiger partial charge in [0, 0.05) is 7.85 Å². The molecular weight excluding hydrogens is 402 g/mol. The molecule has 2 aromatic carbocycles. The van der Waals surface area contributed by atoms with Gasteiger partial charge in [-0.05, 0) is 61.2 Å². The highest BCUT2D eigenvalue weighted by molar-refractivity contribution is 7.89. The molecule has 0 fully saturated rings. The molecule has 0 aliphatic rings. The zero-order valence-corrected chi connectivity index (χ0v) is 20.1. The molecular formula is C23H37NO5S. The van der Waals surface area contributed by atoms with E-state index in [9.17, 15) is 13.2 Å². The van der Waals surface area contributed by atoms with Crippen molar-refractivity contribution in [2.75, 3.05) is 13.4 Å². The molecule has 0 bridgehead atoms. The van der Waals surface area contributed by atoms with E-state index in [1.54, 1.807) is 7.11 Å². The average molecular weight is 440 g/mol. The van der Waals surface area contributed by atoms with Gasteiger partial charge in [-0.2, -0.15) is 0 Å². The molecule has 0 aliphatic heterocycles. The third kappa shape index (κ3) is 9.78. The van der Waals surface area contributed by atoms with Crippen LogP contribution in [0.15, 0.2) is 36.4 Å². The van der Waals surface area contributed by atoms with Crippen molar-refractivity contribution in [2.45, 2.75) is 54.4 Å². The quantitative estimate of drug-likeness (QED) is 0.624. The van der Waals surface area contributed by atoms with Gasteiger partial charge in [0.2, 0.25) is 15.9 Å². The number of carbonyl (C=O) groups excluding carboxylic acids is 1. The summed E-state index contributed by atoms with van der Waals surface area (Å²) < 4.78 is 35.2. The first kappa shape index (κ1) is 27.5. The van der Waals surface area contributed by atoms with Crippen LogP contribution in [0.3, 0.4) is 0 Å². The van der Waals surface area contributed by atoms with Gasteiger partial charge in [-0.3, -0.25) is 9.52 Å². The smallest absolute Gasteiger partial charge is 0.233 e. The molecule has 2 rings (SSSR count). The van der Waals surface area contributed by atoms with Crippen LogP contribution >= 0.6 is 0 Å². The zero-order chi connectivity index (χ0) is 23.3. The molecule has 0 aromatic heterocycles. The third-order valence-corrected chi connectivity index (χ3v) is 4.34. The predicted octanol–water partition coefficient (Wildman–Crippen LogP) is 5.41. The van der Waals surface area contributed by atoms with Crippen LogP contribution in [0.4, 0.5) is 0 Å². The van der Waals surface area contributed by atoms with E-state index in [4.69, 9.17) is 9.47 Å². The van der Waals surface area contributed by atoms with Crippen LogP contribution in [-0.2, 0) is 21.2 Å². The Morgan fingerprint density at radius 1 is 0.967 bits per heavy atom. The largest absolute Gasteiger partial charge is 0.497 e. The van der Waals surface area contributed by atoms with Crippen molar-refractivity contribution in [3.63, 3.8) is 0 Å². The van der Waals surface area contributed by atoms with E-state index in [0.29, 0.717) is 12.2 Å². The molecule has 0 heterocycles. The number of carbonyl (C=O) groups is 1. The lowest BCUT2D eigenvalue weighted by Gasteiger charge is -2.14. The summed E-state index contributed by atoms with van der Waals surface area (Å²) in [5.41, 5.74) is 2.84. The minimum atomic E-state index is -3.52. The van der Waals surface area contributed by atoms with Crippen LogP contribution in [-0.4, -0.2) is 27.7 Å². The first-order valence-electron chi connectivity index (χ1n) is 10.1. The van der Waals surface area contributed by atoms with Crippen LogP contribution in [0.5, 0.6) is 17.2 Å². The third-order valence-electron chi connectivity index (χ3n) is 3.74. The lowest BCUT2D eigenvalue weighted by molar-refractivity contribution is -0.119. The van der Waals surface area contributed by atoms with Gasteiger partial charge < -0.3 is 9.47 Å². The Kier molecular flexibility index (Phi) is 12.5. The van der Waals surface area contributed by atoms with Crippen molar-refractivity contribution in [2.24, 2.45) is 0 Å². The molecule has 0 unspecified atom stereocenters. The molecule has 1 N–H and O–H groups in total. The van der Waals surface area contributed by atoms with Gasteiger partial charge in [0.1, 0.15) is 17.2 Å². The summed E-state index contributed by atoms with van der Waals surface area (Å²) in [6, 6.07) is 11.2. The monoisotopic (exact) mass is 439 g/mol. The molecule has 0 saturated carbocycles. The molecule has 7 heteroatoms. The average Bonchev–Trinajstić information content (AvgIpc) is 2.71. The van der Waals surface area contributed by atoms with Gasteiger partial charge in [-0.1, -0.05) is 39.8 Å². The molecule has 0 spiro atoms. The maximum atomic E-state index is 11.6. The number of benzene rings is 2. The second-order valence-electron chi connectivity index (χ2n) is 6.13. The first-order valence-corrected chi connectivity index (χ1v) is 12.0. The van der Waals surface area contributed by atoms with Gasteiger partial charge in [-0.25, -0.2) is 8.42 Å². The lowest BCUT2D eigenvalue weighted by atomic mass is 10.0. The second kappa shape index (κ2) is 13.6. The van der Waals surface area contributed by atoms with Crippen LogP contribution in [0.25, 0.3) is 0 Å². The van der Waals surface area contributed by atoms with Crippen LogP contribution in [0.2, 0.25) is 0 Å². The van der Waals surface area contributed by atoms with Crippen molar-refractivity contribution >= 4 is 15.9 Å². The predicted molar refractivity (Wildman–Crippen MR) is 125 cm³/mol. The Balaban J connectivity index is 0. The van der Waals surface area contributed by atoms with E-state index >= 15 is 0 Å². The Bertz CT molecular complexity index is 874. The van der Waals surface area contributed by atoms with E-state index in [0.717, 1.165) is 34.4 Å². The summed E-state index contributed by atoms with van der Waals surface area (Å²) in [4.78, 5) is 11.6. The summed E-state index contributed by atoms with van der Waals surface area (Å²) in [6.07, 6.45) is 1.51. The summed E-state index contributed by atoms with van der Waals surface area (Å²) in [5, 5.41) is 0. The topological polar surface area (TPSA) is 81.7 Å². The van der Waals surface area contributed by atoms with Crippen LogP contribution < -0.4 is 14.2 Å². The van der Waals surface area contributed by atoms with Crippen molar-refractivity contribution in [1.29, 1.82) is 0 Å². The van der Waals surface area contributed by atoms with Crippen molar-refractivity contribution in [3.05, 3.63) is 53.1 Å². The maximum absolute atomic E-state index is 11.6. The van der Waals surface area contributed by atoms with Gasteiger partial charge in [0.25, 0.3) is 0 Å². The highest BCUT2D eigenvalue weighted by Crippen LogP contribution is 2.31. The summed E-state index contributed by atoms with van der Waals surface area (Å²) >= 11 is 0. The number of sulfonamides is 1. The molecule has 0 radical (unpaired) electrons. The van der Waals surface area contributed by atoms with Gasteiger partial charge >= 0.3 is 0 Å².